The molecule has 0 saturated carbocycles. The van der Waals surface area contributed by atoms with Crippen molar-refractivity contribution in [3.05, 3.63) is 29.6 Å². The number of carbonyl (C=O) groups is 1. The van der Waals surface area contributed by atoms with Gasteiger partial charge in [0, 0.05) is 6.04 Å². The molecular weight excluding hydrogens is 305 g/mol. The lowest BCUT2D eigenvalue weighted by molar-refractivity contribution is 0.0696. The van der Waals surface area contributed by atoms with E-state index in [1.54, 1.807) is 11.8 Å². The van der Waals surface area contributed by atoms with E-state index in [-0.39, 0.29) is 11.6 Å². The lowest BCUT2D eigenvalue weighted by Crippen LogP contribution is -2.37. The molecule has 0 bridgehead atoms. The summed E-state index contributed by atoms with van der Waals surface area (Å²) in [5.41, 5.74) is -0.258. The van der Waals surface area contributed by atoms with E-state index in [0.29, 0.717) is 12.8 Å². The van der Waals surface area contributed by atoms with Crippen molar-refractivity contribution in [1.82, 2.24) is 4.72 Å². The molecule has 1 aromatic carbocycles. The molecule has 1 saturated heterocycles. The van der Waals surface area contributed by atoms with Gasteiger partial charge in [0.1, 0.15) is 10.7 Å². The van der Waals surface area contributed by atoms with Crippen molar-refractivity contribution in [1.29, 1.82) is 0 Å². The van der Waals surface area contributed by atoms with Crippen LogP contribution in [0.5, 0.6) is 0 Å². The summed E-state index contributed by atoms with van der Waals surface area (Å²) < 4.78 is 40.4. The van der Waals surface area contributed by atoms with Crippen molar-refractivity contribution in [3.63, 3.8) is 0 Å². The maximum Gasteiger partial charge on any atom is 0.335 e. The van der Waals surface area contributed by atoms with Gasteiger partial charge in [0.25, 0.3) is 0 Å². The minimum atomic E-state index is -4.04. The van der Waals surface area contributed by atoms with Crippen LogP contribution in [0, 0.1) is 5.82 Å². The Bertz CT molecular complexity index is 612. The van der Waals surface area contributed by atoms with Crippen LogP contribution in [0.4, 0.5) is 4.39 Å². The highest BCUT2D eigenvalue weighted by atomic mass is 32.2. The third-order valence-electron chi connectivity index (χ3n) is 3.01. The van der Waals surface area contributed by atoms with Crippen LogP contribution in [0.3, 0.4) is 0 Å². The van der Waals surface area contributed by atoms with Crippen LogP contribution in [0.25, 0.3) is 0 Å². The Balaban J connectivity index is 2.28. The fraction of sp³-hybridized carbons (Fsp3) is 0.417. The van der Waals surface area contributed by atoms with E-state index in [1.165, 1.54) is 0 Å². The Morgan fingerprint density at radius 1 is 1.35 bits per heavy atom. The van der Waals surface area contributed by atoms with Gasteiger partial charge in [-0.3, -0.25) is 0 Å². The normalized spacial score (nSPS) is 17.1. The Kier molecular flexibility index (Phi) is 4.66. The van der Waals surface area contributed by atoms with Gasteiger partial charge in [-0.05, 0) is 42.5 Å². The van der Waals surface area contributed by atoms with E-state index in [9.17, 15) is 17.6 Å². The third kappa shape index (κ3) is 3.50. The molecule has 0 aliphatic carbocycles. The van der Waals surface area contributed by atoms with Crippen molar-refractivity contribution in [2.45, 2.75) is 23.8 Å². The quantitative estimate of drug-likeness (QED) is 0.882. The van der Waals surface area contributed by atoms with E-state index < -0.39 is 26.7 Å². The predicted octanol–water partition coefficient (Wildman–Crippen LogP) is 1.70. The highest BCUT2D eigenvalue weighted by Gasteiger charge is 2.25. The first kappa shape index (κ1) is 15.3. The van der Waals surface area contributed by atoms with Crippen molar-refractivity contribution < 1.29 is 22.7 Å². The molecule has 0 atom stereocenters. The Morgan fingerprint density at radius 2 is 2.00 bits per heavy atom. The van der Waals surface area contributed by atoms with Gasteiger partial charge in [-0.2, -0.15) is 11.8 Å². The van der Waals surface area contributed by atoms with Gasteiger partial charge in [0.05, 0.1) is 5.56 Å². The number of thioether (sulfide) groups is 1. The molecule has 0 radical (unpaired) electrons. The fourth-order valence-electron chi connectivity index (χ4n) is 1.94. The molecule has 0 aromatic heterocycles. The Labute approximate surface area is 120 Å². The SMILES string of the molecule is O=C(O)c1ccc(F)c(S(=O)(=O)NC2CCSCC2)c1. The van der Waals surface area contributed by atoms with E-state index in [4.69, 9.17) is 5.11 Å². The van der Waals surface area contributed by atoms with Crippen LogP contribution in [-0.2, 0) is 10.0 Å². The number of carboxylic acids is 1. The molecule has 0 amide bonds. The summed E-state index contributed by atoms with van der Waals surface area (Å²) in [7, 11) is -4.04. The van der Waals surface area contributed by atoms with Gasteiger partial charge in [-0.1, -0.05) is 0 Å². The first-order valence-corrected chi connectivity index (χ1v) is 8.67. The maximum atomic E-state index is 13.7. The minimum Gasteiger partial charge on any atom is -0.478 e. The first-order chi connectivity index (χ1) is 9.40. The zero-order chi connectivity index (χ0) is 14.8. The molecule has 1 aliphatic heterocycles. The summed E-state index contributed by atoms with van der Waals surface area (Å²) in [6, 6.07) is 2.51. The van der Waals surface area contributed by atoms with Crippen LogP contribution in [-0.4, -0.2) is 37.0 Å². The topological polar surface area (TPSA) is 83.5 Å². The molecule has 1 aromatic rings. The first-order valence-electron chi connectivity index (χ1n) is 6.03. The number of nitrogens with one attached hydrogen (secondary N) is 1. The number of benzene rings is 1. The molecule has 1 aliphatic rings. The highest BCUT2D eigenvalue weighted by molar-refractivity contribution is 7.99. The zero-order valence-electron chi connectivity index (χ0n) is 10.5. The third-order valence-corrected chi connectivity index (χ3v) is 5.60. The van der Waals surface area contributed by atoms with Gasteiger partial charge in [0.2, 0.25) is 10.0 Å². The number of carboxylic acid groups (broad SMARTS) is 1. The average molecular weight is 319 g/mol. The number of hydrogen-bond acceptors (Lipinski definition) is 4. The monoisotopic (exact) mass is 319 g/mol. The maximum absolute atomic E-state index is 13.7. The van der Waals surface area contributed by atoms with Crippen molar-refractivity contribution in [2.75, 3.05) is 11.5 Å². The summed E-state index contributed by atoms with van der Waals surface area (Å²) >= 11 is 1.74. The number of rotatable bonds is 4. The molecule has 110 valence electrons. The number of sulfonamides is 1. The second-order valence-electron chi connectivity index (χ2n) is 4.46. The molecule has 2 N–H and O–H groups in total. The van der Waals surface area contributed by atoms with E-state index in [2.05, 4.69) is 4.72 Å². The van der Waals surface area contributed by atoms with E-state index >= 15 is 0 Å². The molecular formula is C12H14FNO4S2. The molecule has 0 unspecified atom stereocenters. The van der Waals surface area contributed by atoms with Gasteiger partial charge in [0.15, 0.2) is 0 Å². The molecule has 2 rings (SSSR count). The second-order valence-corrected chi connectivity index (χ2v) is 7.37. The standard InChI is InChI=1S/C12H14FNO4S2/c13-10-2-1-8(12(15)16)7-11(10)20(17,18)14-9-3-5-19-6-4-9/h1-2,7,9,14H,3-6H2,(H,15,16). The van der Waals surface area contributed by atoms with Gasteiger partial charge < -0.3 is 5.11 Å². The average Bonchev–Trinajstić information content (AvgIpc) is 2.39. The van der Waals surface area contributed by atoms with Gasteiger partial charge in [-0.25, -0.2) is 22.3 Å². The highest BCUT2D eigenvalue weighted by Crippen LogP contribution is 2.21. The number of aromatic carboxylic acids is 1. The summed E-state index contributed by atoms with van der Waals surface area (Å²) in [5, 5.41) is 8.85. The summed E-state index contributed by atoms with van der Waals surface area (Å²) in [4.78, 5) is 10.2. The predicted molar refractivity (Wildman–Crippen MR) is 74.0 cm³/mol. The second kappa shape index (κ2) is 6.11. The van der Waals surface area contributed by atoms with Crippen LogP contribution >= 0.6 is 11.8 Å². The van der Waals surface area contributed by atoms with Gasteiger partial charge >= 0.3 is 5.97 Å². The zero-order valence-corrected chi connectivity index (χ0v) is 12.1. The minimum absolute atomic E-state index is 0.228. The smallest absolute Gasteiger partial charge is 0.335 e. The lowest BCUT2D eigenvalue weighted by Gasteiger charge is -2.22. The van der Waals surface area contributed by atoms with E-state index in [0.717, 1.165) is 29.7 Å². The van der Waals surface area contributed by atoms with Crippen molar-refractivity contribution >= 4 is 27.8 Å². The Hall–Kier alpha value is -1.12. The van der Waals surface area contributed by atoms with Crippen molar-refractivity contribution in [2.24, 2.45) is 0 Å². The summed E-state index contributed by atoms with van der Waals surface area (Å²) in [6.07, 6.45) is 1.37. The summed E-state index contributed by atoms with van der Waals surface area (Å²) in [5.74, 6) is -0.543. The molecule has 1 fully saturated rings. The van der Waals surface area contributed by atoms with E-state index in [1.807, 2.05) is 0 Å². The van der Waals surface area contributed by atoms with Crippen LogP contribution < -0.4 is 4.72 Å². The lowest BCUT2D eigenvalue weighted by atomic mass is 10.2. The van der Waals surface area contributed by atoms with Gasteiger partial charge in [-0.15, -0.1) is 0 Å². The summed E-state index contributed by atoms with van der Waals surface area (Å²) in [6.45, 7) is 0. The molecule has 20 heavy (non-hydrogen) atoms. The van der Waals surface area contributed by atoms with Crippen molar-refractivity contribution in [3.8, 4) is 0 Å². The van der Waals surface area contributed by atoms with Crippen LogP contribution in [0.15, 0.2) is 23.1 Å². The Morgan fingerprint density at radius 3 is 2.60 bits per heavy atom. The number of halogens is 1. The van der Waals surface area contributed by atoms with Crippen LogP contribution in [0.1, 0.15) is 23.2 Å². The fourth-order valence-corrected chi connectivity index (χ4v) is 4.46. The molecule has 8 heteroatoms. The number of hydrogen-bond donors (Lipinski definition) is 2. The molecule has 5 nitrogen and oxygen atoms in total. The molecule has 0 spiro atoms. The van der Waals surface area contributed by atoms with Crippen LogP contribution in [0.2, 0.25) is 0 Å². The molecule has 1 heterocycles. The largest absolute Gasteiger partial charge is 0.478 e.